The van der Waals surface area contributed by atoms with Crippen molar-refractivity contribution in [2.45, 2.75) is 136 Å². The molecule has 0 unspecified atom stereocenters. The second-order valence-electron chi connectivity index (χ2n) is 11.5. The summed E-state index contributed by atoms with van der Waals surface area (Å²) < 4.78 is 26.2. The Balaban J connectivity index is 4.17. The molecule has 0 aliphatic heterocycles. The molecule has 0 aromatic heterocycles. The van der Waals surface area contributed by atoms with E-state index in [1.54, 1.807) is 0 Å². The van der Waals surface area contributed by atoms with Gasteiger partial charge in [0, 0.05) is 12.8 Å². The summed E-state index contributed by atoms with van der Waals surface area (Å²) in [6.45, 7) is 3.44. The molecule has 0 saturated heterocycles. The summed E-state index contributed by atoms with van der Waals surface area (Å²) in [5.74, 6) is -0.990. The van der Waals surface area contributed by atoms with Crippen molar-refractivity contribution in [3.8, 4) is 0 Å². The Labute approximate surface area is 291 Å². The van der Waals surface area contributed by atoms with Crippen LogP contribution in [0.25, 0.3) is 0 Å². The molecule has 0 amide bonds. The third-order valence-corrected chi connectivity index (χ3v) is 7.38. The van der Waals surface area contributed by atoms with Crippen LogP contribution in [-0.2, 0) is 28.2 Å². The molecule has 0 aliphatic carbocycles. The van der Waals surface area contributed by atoms with Gasteiger partial charge in [-0.15, -0.1) is 0 Å². The lowest BCUT2D eigenvalue weighted by Crippen LogP contribution is -2.29. The van der Waals surface area contributed by atoms with Gasteiger partial charge in [-0.05, 0) is 89.9 Å². The molecule has 0 aromatic rings. The van der Waals surface area contributed by atoms with Crippen LogP contribution in [0, 0.1) is 0 Å². The van der Waals surface area contributed by atoms with Gasteiger partial charge in [0.05, 0.1) is 6.61 Å². The zero-order chi connectivity index (χ0) is 35.4. The smallest absolute Gasteiger partial charge is 0.462 e. The summed E-state index contributed by atoms with van der Waals surface area (Å²) in [7, 11) is -4.77. The van der Waals surface area contributed by atoms with Gasteiger partial charge >= 0.3 is 19.8 Å². The molecule has 0 aliphatic rings. The maximum atomic E-state index is 12.3. The van der Waals surface area contributed by atoms with E-state index in [1.165, 1.54) is 19.3 Å². The zero-order valence-corrected chi connectivity index (χ0v) is 30.5. The maximum Gasteiger partial charge on any atom is 0.469 e. The average molecular weight is 691 g/mol. The van der Waals surface area contributed by atoms with Crippen LogP contribution in [0.4, 0.5) is 0 Å². The van der Waals surface area contributed by atoms with Crippen LogP contribution in [-0.4, -0.2) is 41.0 Å². The van der Waals surface area contributed by atoms with Gasteiger partial charge in [0.25, 0.3) is 0 Å². The Morgan fingerprint density at radius 1 is 0.562 bits per heavy atom. The van der Waals surface area contributed by atoms with Crippen LogP contribution in [0.1, 0.15) is 129 Å². The van der Waals surface area contributed by atoms with Gasteiger partial charge in [-0.1, -0.05) is 112 Å². The van der Waals surface area contributed by atoms with Gasteiger partial charge in [-0.3, -0.25) is 14.1 Å². The highest BCUT2D eigenvalue weighted by atomic mass is 31.2. The fraction of sp³-hybridized carbons (Fsp3) is 0.590. The predicted molar refractivity (Wildman–Crippen MR) is 197 cm³/mol. The molecule has 8 nitrogen and oxygen atoms in total. The van der Waals surface area contributed by atoms with Crippen molar-refractivity contribution in [2.75, 3.05) is 13.2 Å². The lowest BCUT2D eigenvalue weighted by molar-refractivity contribution is -0.161. The summed E-state index contributed by atoms with van der Waals surface area (Å²) in [6.07, 6.45) is 44.5. The standard InChI is InChI=1S/C39H63O8P/c1-3-5-7-9-11-13-15-17-19-21-23-25-27-29-31-33-38(40)45-35-37(36-46-48(42,43)44)47-39(41)34-32-30-28-26-24-22-20-18-16-14-12-10-8-6-4-2/h5,7,11-14,17-20,23-26,37H,3-4,6,8-10,15-16,21-22,27-36H2,1-2H3,(H2,42,43,44)/b7-5-,13-11-,14-12-,19-17-,20-18-,25-23-,26-24-/t37-/m1/s1. The van der Waals surface area contributed by atoms with Gasteiger partial charge in [0.1, 0.15) is 6.61 Å². The monoisotopic (exact) mass is 690 g/mol. The number of esters is 2. The van der Waals surface area contributed by atoms with E-state index in [-0.39, 0.29) is 19.4 Å². The van der Waals surface area contributed by atoms with Crippen molar-refractivity contribution in [3.05, 3.63) is 85.1 Å². The maximum absolute atomic E-state index is 12.3. The number of carbonyl (C=O) groups is 2. The number of phosphoric ester groups is 1. The largest absolute Gasteiger partial charge is 0.469 e. The molecular formula is C39H63O8P. The van der Waals surface area contributed by atoms with E-state index in [9.17, 15) is 14.2 Å². The summed E-state index contributed by atoms with van der Waals surface area (Å²) >= 11 is 0. The van der Waals surface area contributed by atoms with Crippen molar-refractivity contribution in [1.82, 2.24) is 0 Å². The van der Waals surface area contributed by atoms with Gasteiger partial charge < -0.3 is 19.3 Å². The first kappa shape index (κ1) is 45.2. The van der Waals surface area contributed by atoms with E-state index in [1.807, 2.05) is 0 Å². The van der Waals surface area contributed by atoms with Gasteiger partial charge in [-0.2, -0.15) is 0 Å². The van der Waals surface area contributed by atoms with Crippen molar-refractivity contribution in [3.63, 3.8) is 0 Å². The van der Waals surface area contributed by atoms with E-state index in [0.717, 1.165) is 70.6 Å². The first-order chi connectivity index (χ1) is 23.3. The highest BCUT2D eigenvalue weighted by Gasteiger charge is 2.22. The van der Waals surface area contributed by atoms with Crippen molar-refractivity contribution in [2.24, 2.45) is 0 Å². The molecule has 0 saturated carbocycles. The van der Waals surface area contributed by atoms with Crippen LogP contribution in [0.2, 0.25) is 0 Å². The molecule has 0 aromatic carbocycles. The Morgan fingerprint density at radius 3 is 1.42 bits per heavy atom. The molecule has 0 bridgehead atoms. The lowest BCUT2D eigenvalue weighted by atomic mass is 10.1. The van der Waals surface area contributed by atoms with E-state index in [4.69, 9.17) is 19.3 Å². The van der Waals surface area contributed by atoms with Crippen LogP contribution >= 0.6 is 7.82 Å². The number of hydrogen-bond donors (Lipinski definition) is 2. The van der Waals surface area contributed by atoms with Gasteiger partial charge in [0.15, 0.2) is 6.10 Å². The second kappa shape index (κ2) is 34.1. The number of ether oxygens (including phenoxy) is 2. The summed E-state index contributed by atoms with van der Waals surface area (Å²) in [5.41, 5.74) is 0. The molecule has 0 spiro atoms. The van der Waals surface area contributed by atoms with Crippen molar-refractivity contribution in [1.29, 1.82) is 0 Å². The molecule has 9 heteroatoms. The lowest BCUT2D eigenvalue weighted by Gasteiger charge is -2.18. The van der Waals surface area contributed by atoms with Gasteiger partial charge in [-0.25, -0.2) is 4.57 Å². The first-order valence-electron chi connectivity index (χ1n) is 17.9. The molecule has 0 heterocycles. The van der Waals surface area contributed by atoms with Crippen LogP contribution in [0.3, 0.4) is 0 Å². The number of carbonyl (C=O) groups excluding carboxylic acids is 2. The highest BCUT2D eigenvalue weighted by Crippen LogP contribution is 2.35. The van der Waals surface area contributed by atoms with E-state index >= 15 is 0 Å². The minimum atomic E-state index is -4.77. The van der Waals surface area contributed by atoms with E-state index < -0.39 is 32.5 Å². The third-order valence-electron chi connectivity index (χ3n) is 6.90. The number of hydrogen-bond acceptors (Lipinski definition) is 6. The molecule has 2 N–H and O–H groups in total. The van der Waals surface area contributed by atoms with Crippen molar-refractivity contribution < 1.29 is 37.9 Å². The number of rotatable bonds is 31. The SMILES string of the molecule is CC/C=C\C/C=C\C/C=C\C/C=C\CCCCC(=O)OC[C@H](COP(=O)(O)O)OC(=O)CCCC/C=C\C/C=C\C/C=C\CCCCC. The Morgan fingerprint density at radius 2 is 0.979 bits per heavy atom. The Kier molecular flexibility index (Phi) is 32.1. The average Bonchev–Trinajstić information content (AvgIpc) is 3.05. The highest BCUT2D eigenvalue weighted by molar-refractivity contribution is 7.46. The third kappa shape index (κ3) is 36.1. The van der Waals surface area contributed by atoms with Gasteiger partial charge in [0.2, 0.25) is 0 Å². The van der Waals surface area contributed by atoms with E-state index in [2.05, 4.69) is 103 Å². The quantitative estimate of drug-likeness (QED) is 0.0319. The summed E-state index contributed by atoms with van der Waals surface area (Å²) in [6, 6.07) is 0. The number of phosphoric acid groups is 1. The van der Waals surface area contributed by atoms with Crippen LogP contribution in [0.15, 0.2) is 85.1 Å². The predicted octanol–water partition coefficient (Wildman–Crippen LogP) is 10.5. The molecular weight excluding hydrogens is 627 g/mol. The zero-order valence-electron chi connectivity index (χ0n) is 29.6. The molecule has 1 atom stereocenters. The van der Waals surface area contributed by atoms with Crippen LogP contribution in [0.5, 0.6) is 0 Å². The first-order valence-corrected chi connectivity index (χ1v) is 19.4. The number of allylic oxidation sites excluding steroid dienone is 14. The minimum absolute atomic E-state index is 0.149. The molecule has 48 heavy (non-hydrogen) atoms. The normalized spacial score (nSPS) is 13.5. The fourth-order valence-electron chi connectivity index (χ4n) is 4.25. The Bertz CT molecular complexity index is 1050. The molecule has 0 fully saturated rings. The fourth-order valence-corrected chi connectivity index (χ4v) is 4.61. The van der Waals surface area contributed by atoms with E-state index in [0.29, 0.717) is 12.8 Å². The summed E-state index contributed by atoms with van der Waals surface area (Å²) in [5, 5.41) is 0. The summed E-state index contributed by atoms with van der Waals surface area (Å²) in [4.78, 5) is 42.6. The molecule has 0 rings (SSSR count). The molecule has 0 radical (unpaired) electrons. The second-order valence-corrected chi connectivity index (χ2v) is 12.7. The number of unbranched alkanes of at least 4 members (excludes halogenated alkanes) is 7. The Hall–Kier alpha value is -2.77. The van der Waals surface area contributed by atoms with Crippen LogP contribution < -0.4 is 0 Å². The molecule has 272 valence electrons. The topological polar surface area (TPSA) is 119 Å². The minimum Gasteiger partial charge on any atom is -0.462 e. The van der Waals surface area contributed by atoms with Crippen molar-refractivity contribution >= 4 is 19.8 Å².